The van der Waals surface area contributed by atoms with Crippen LogP contribution in [-0.2, 0) is 6.54 Å². The third kappa shape index (κ3) is 2.45. The van der Waals surface area contributed by atoms with Crippen molar-refractivity contribution in [3.05, 3.63) is 42.0 Å². The first kappa shape index (κ1) is 12.5. The van der Waals surface area contributed by atoms with Gasteiger partial charge < -0.3 is 10.4 Å². The van der Waals surface area contributed by atoms with Gasteiger partial charge in [-0.2, -0.15) is 0 Å². The number of rotatable bonds is 5. The molecule has 0 aromatic heterocycles. The van der Waals surface area contributed by atoms with Crippen molar-refractivity contribution >= 4 is 10.8 Å². The van der Waals surface area contributed by atoms with Crippen molar-refractivity contribution in [1.29, 1.82) is 0 Å². The lowest BCUT2D eigenvalue weighted by molar-refractivity contribution is 0.433. The number of hydrogen-bond acceptors (Lipinski definition) is 2. The second-order valence-electron chi connectivity index (χ2n) is 5.74. The highest BCUT2D eigenvalue weighted by molar-refractivity contribution is 5.87. The first-order chi connectivity index (χ1) is 9.24. The van der Waals surface area contributed by atoms with Gasteiger partial charge in [-0.25, -0.2) is 0 Å². The van der Waals surface area contributed by atoms with Crippen molar-refractivity contribution in [3.8, 4) is 5.75 Å². The number of phenols is 1. The summed E-state index contributed by atoms with van der Waals surface area (Å²) in [6.45, 7) is 4.07. The van der Waals surface area contributed by atoms with Crippen molar-refractivity contribution < 1.29 is 5.11 Å². The fourth-order valence-electron chi connectivity index (χ4n) is 2.80. The topological polar surface area (TPSA) is 32.3 Å². The van der Waals surface area contributed by atoms with E-state index in [2.05, 4.69) is 24.4 Å². The number of fused-ring (bicyclic) bond motifs is 1. The molecule has 0 saturated heterocycles. The molecule has 2 N–H and O–H groups in total. The van der Waals surface area contributed by atoms with E-state index in [9.17, 15) is 5.11 Å². The quantitative estimate of drug-likeness (QED) is 0.851. The molecule has 0 atom stereocenters. The number of aromatic hydroxyl groups is 1. The molecule has 0 radical (unpaired) electrons. The molecule has 0 aliphatic heterocycles. The van der Waals surface area contributed by atoms with E-state index in [-0.39, 0.29) is 0 Å². The molecule has 0 amide bonds. The van der Waals surface area contributed by atoms with E-state index in [1.165, 1.54) is 24.6 Å². The zero-order valence-corrected chi connectivity index (χ0v) is 11.4. The summed E-state index contributed by atoms with van der Waals surface area (Å²) in [6.07, 6.45) is 3.94. The Morgan fingerprint density at radius 3 is 2.68 bits per heavy atom. The summed E-state index contributed by atoms with van der Waals surface area (Å²) in [5, 5.41) is 15.9. The van der Waals surface area contributed by atoms with Crippen LogP contribution in [0, 0.1) is 5.41 Å². The molecular weight excluding hydrogens is 234 g/mol. The fraction of sp³-hybridized carbons (Fsp3) is 0.412. The highest BCUT2D eigenvalue weighted by Crippen LogP contribution is 2.47. The lowest BCUT2D eigenvalue weighted by atomic mass is 10.0. The monoisotopic (exact) mass is 255 g/mol. The number of benzene rings is 2. The van der Waals surface area contributed by atoms with Gasteiger partial charge in [-0.15, -0.1) is 0 Å². The van der Waals surface area contributed by atoms with Gasteiger partial charge in [0.1, 0.15) is 5.75 Å². The minimum atomic E-state index is 0.396. The summed E-state index contributed by atoms with van der Waals surface area (Å²) in [5.74, 6) is 0.396. The Labute approximate surface area is 114 Å². The molecule has 100 valence electrons. The van der Waals surface area contributed by atoms with Crippen LogP contribution >= 0.6 is 0 Å². The van der Waals surface area contributed by atoms with Crippen LogP contribution in [0.1, 0.15) is 31.7 Å². The van der Waals surface area contributed by atoms with Gasteiger partial charge in [0.2, 0.25) is 0 Å². The summed E-state index contributed by atoms with van der Waals surface area (Å²) < 4.78 is 0. The summed E-state index contributed by atoms with van der Waals surface area (Å²) in [4.78, 5) is 0. The van der Waals surface area contributed by atoms with Gasteiger partial charge in [0.15, 0.2) is 0 Å². The Balaban J connectivity index is 1.78. The van der Waals surface area contributed by atoms with E-state index in [0.29, 0.717) is 11.2 Å². The third-order valence-electron chi connectivity index (χ3n) is 4.52. The molecule has 3 rings (SSSR count). The van der Waals surface area contributed by atoms with Gasteiger partial charge in [-0.05, 0) is 41.5 Å². The second kappa shape index (κ2) is 4.86. The molecule has 0 heterocycles. The van der Waals surface area contributed by atoms with Crippen LogP contribution < -0.4 is 5.32 Å². The smallest absolute Gasteiger partial charge is 0.120 e. The second-order valence-corrected chi connectivity index (χ2v) is 5.74. The minimum absolute atomic E-state index is 0.396. The van der Waals surface area contributed by atoms with E-state index in [1.807, 2.05) is 18.2 Å². The third-order valence-corrected chi connectivity index (χ3v) is 4.52. The van der Waals surface area contributed by atoms with Crippen LogP contribution in [0.15, 0.2) is 36.4 Å². The lowest BCUT2D eigenvalue weighted by Crippen LogP contribution is -2.23. The van der Waals surface area contributed by atoms with Crippen LogP contribution in [0.3, 0.4) is 0 Å². The highest BCUT2D eigenvalue weighted by atomic mass is 16.3. The highest BCUT2D eigenvalue weighted by Gasteiger charge is 2.39. The van der Waals surface area contributed by atoms with E-state index >= 15 is 0 Å². The Morgan fingerprint density at radius 1 is 1.16 bits per heavy atom. The van der Waals surface area contributed by atoms with Gasteiger partial charge in [-0.1, -0.05) is 37.3 Å². The van der Waals surface area contributed by atoms with Gasteiger partial charge in [-0.3, -0.25) is 0 Å². The Bertz CT molecular complexity index is 587. The first-order valence-corrected chi connectivity index (χ1v) is 7.14. The zero-order valence-electron chi connectivity index (χ0n) is 11.4. The average Bonchev–Trinajstić information content (AvgIpc) is 3.22. The molecule has 0 spiro atoms. The summed E-state index contributed by atoms with van der Waals surface area (Å²) in [5.41, 5.74) is 1.56. The predicted molar refractivity (Wildman–Crippen MR) is 79.3 cm³/mol. The standard InChI is InChI=1S/C17H21NO/c1-2-17(9-10-17)12-18-11-15-14-6-4-3-5-13(14)7-8-16(15)19/h3-8,18-19H,2,9-12H2,1H3. The van der Waals surface area contributed by atoms with Gasteiger partial charge in [0, 0.05) is 18.7 Å². The van der Waals surface area contributed by atoms with Gasteiger partial charge in [0.05, 0.1) is 0 Å². The van der Waals surface area contributed by atoms with E-state index < -0.39 is 0 Å². The van der Waals surface area contributed by atoms with Crippen LogP contribution in [-0.4, -0.2) is 11.7 Å². The molecule has 0 unspecified atom stereocenters. The number of hydrogen-bond donors (Lipinski definition) is 2. The minimum Gasteiger partial charge on any atom is -0.508 e. The predicted octanol–water partition coefficient (Wildman–Crippen LogP) is 3.83. The Hall–Kier alpha value is -1.54. The SMILES string of the molecule is CCC1(CNCc2c(O)ccc3ccccc23)CC1. The number of phenolic OH excluding ortho intramolecular Hbond substituents is 1. The zero-order chi connectivity index (χ0) is 13.3. The molecular formula is C17H21NO. The maximum Gasteiger partial charge on any atom is 0.120 e. The van der Waals surface area contributed by atoms with Crippen molar-refractivity contribution in [2.45, 2.75) is 32.7 Å². The first-order valence-electron chi connectivity index (χ1n) is 7.14. The van der Waals surface area contributed by atoms with E-state index in [1.54, 1.807) is 6.07 Å². The largest absolute Gasteiger partial charge is 0.508 e. The van der Waals surface area contributed by atoms with E-state index in [0.717, 1.165) is 24.0 Å². The van der Waals surface area contributed by atoms with Crippen molar-refractivity contribution in [2.75, 3.05) is 6.54 Å². The van der Waals surface area contributed by atoms with Crippen molar-refractivity contribution in [3.63, 3.8) is 0 Å². The van der Waals surface area contributed by atoms with Gasteiger partial charge in [0.25, 0.3) is 0 Å². The molecule has 1 aliphatic rings. The van der Waals surface area contributed by atoms with Crippen LogP contribution in [0.25, 0.3) is 10.8 Å². The van der Waals surface area contributed by atoms with Crippen LogP contribution in [0.2, 0.25) is 0 Å². The lowest BCUT2D eigenvalue weighted by Gasteiger charge is -2.15. The Kier molecular flexibility index (Phi) is 3.19. The molecule has 19 heavy (non-hydrogen) atoms. The molecule has 0 bridgehead atoms. The maximum absolute atomic E-state index is 10.1. The van der Waals surface area contributed by atoms with Crippen LogP contribution in [0.4, 0.5) is 0 Å². The molecule has 2 nitrogen and oxygen atoms in total. The summed E-state index contributed by atoms with van der Waals surface area (Å²) in [7, 11) is 0. The molecule has 2 aromatic rings. The fourth-order valence-corrected chi connectivity index (χ4v) is 2.80. The molecule has 1 aliphatic carbocycles. The molecule has 1 saturated carbocycles. The molecule has 2 heteroatoms. The summed E-state index contributed by atoms with van der Waals surface area (Å²) in [6, 6.07) is 12.0. The summed E-state index contributed by atoms with van der Waals surface area (Å²) >= 11 is 0. The van der Waals surface area contributed by atoms with E-state index in [4.69, 9.17) is 0 Å². The number of nitrogens with one attached hydrogen (secondary N) is 1. The maximum atomic E-state index is 10.1. The normalized spacial score (nSPS) is 16.7. The molecule has 2 aromatic carbocycles. The van der Waals surface area contributed by atoms with Crippen LogP contribution in [0.5, 0.6) is 5.75 Å². The average molecular weight is 255 g/mol. The van der Waals surface area contributed by atoms with Gasteiger partial charge >= 0.3 is 0 Å². The van der Waals surface area contributed by atoms with Crippen molar-refractivity contribution in [2.24, 2.45) is 5.41 Å². The molecule has 1 fully saturated rings. The Morgan fingerprint density at radius 2 is 1.95 bits per heavy atom. The van der Waals surface area contributed by atoms with Crippen molar-refractivity contribution in [1.82, 2.24) is 5.32 Å².